The minimum atomic E-state index is -0.193. The molecule has 0 saturated heterocycles. The molecule has 0 fully saturated rings. The Labute approximate surface area is 111 Å². The van der Waals surface area contributed by atoms with Gasteiger partial charge in [-0.15, -0.1) is 11.3 Å². The number of hydrogen-bond donors (Lipinski definition) is 1. The van der Waals surface area contributed by atoms with E-state index in [1.807, 2.05) is 0 Å². The van der Waals surface area contributed by atoms with Crippen LogP contribution in [0.1, 0.15) is 31.7 Å². The standard InChI is InChI=1S/C14H19FN2S/c1-14(2,7-8-16)6-5-13-17-11-4-3-10(15)9-12(11)18-13/h3-4,9H,5-8,16H2,1-2H3. The Kier molecular flexibility index (Phi) is 3.97. The van der Waals surface area contributed by atoms with Crippen LogP contribution in [0.3, 0.4) is 0 Å². The second kappa shape index (κ2) is 5.33. The second-order valence-electron chi connectivity index (χ2n) is 5.42. The summed E-state index contributed by atoms with van der Waals surface area (Å²) in [5.41, 5.74) is 6.75. The highest BCUT2D eigenvalue weighted by Crippen LogP contribution is 2.29. The zero-order valence-electron chi connectivity index (χ0n) is 10.9. The summed E-state index contributed by atoms with van der Waals surface area (Å²) >= 11 is 1.59. The maximum Gasteiger partial charge on any atom is 0.124 e. The molecule has 0 aliphatic heterocycles. The molecule has 0 bridgehead atoms. The lowest BCUT2D eigenvalue weighted by atomic mass is 9.84. The van der Waals surface area contributed by atoms with E-state index in [1.165, 1.54) is 6.07 Å². The summed E-state index contributed by atoms with van der Waals surface area (Å²) in [6.45, 7) is 5.18. The number of benzene rings is 1. The van der Waals surface area contributed by atoms with Crippen LogP contribution < -0.4 is 5.73 Å². The van der Waals surface area contributed by atoms with Crippen molar-refractivity contribution in [1.82, 2.24) is 4.98 Å². The van der Waals surface area contributed by atoms with Crippen LogP contribution in [0.25, 0.3) is 10.2 Å². The second-order valence-corrected chi connectivity index (χ2v) is 6.54. The van der Waals surface area contributed by atoms with Gasteiger partial charge in [0.05, 0.1) is 15.2 Å². The number of thiazole rings is 1. The number of nitrogens with zero attached hydrogens (tertiary/aromatic N) is 1. The summed E-state index contributed by atoms with van der Waals surface area (Å²) in [6, 6.07) is 4.77. The predicted molar refractivity (Wildman–Crippen MR) is 75.4 cm³/mol. The summed E-state index contributed by atoms with van der Waals surface area (Å²) in [5, 5.41) is 1.08. The number of fused-ring (bicyclic) bond motifs is 1. The summed E-state index contributed by atoms with van der Waals surface area (Å²) < 4.78 is 14.0. The molecule has 0 atom stereocenters. The molecule has 0 saturated carbocycles. The Bertz CT molecular complexity index is 534. The van der Waals surface area contributed by atoms with E-state index in [2.05, 4.69) is 18.8 Å². The van der Waals surface area contributed by atoms with E-state index in [0.717, 1.165) is 41.0 Å². The Morgan fingerprint density at radius 1 is 1.33 bits per heavy atom. The van der Waals surface area contributed by atoms with Gasteiger partial charge in [-0.1, -0.05) is 13.8 Å². The maximum atomic E-state index is 13.1. The van der Waals surface area contributed by atoms with Gasteiger partial charge in [-0.25, -0.2) is 9.37 Å². The quantitative estimate of drug-likeness (QED) is 0.895. The molecule has 2 rings (SSSR count). The molecule has 2 aromatic rings. The Morgan fingerprint density at radius 2 is 2.11 bits per heavy atom. The fourth-order valence-electron chi connectivity index (χ4n) is 2.01. The van der Waals surface area contributed by atoms with Crippen LogP contribution in [0.15, 0.2) is 18.2 Å². The topological polar surface area (TPSA) is 38.9 Å². The van der Waals surface area contributed by atoms with Gasteiger partial charge < -0.3 is 5.73 Å². The van der Waals surface area contributed by atoms with Crippen LogP contribution in [0.5, 0.6) is 0 Å². The average molecular weight is 266 g/mol. The highest BCUT2D eigenvalue weighted by atomic mass is 32.1. The van der Waals surface area contributed by atoms with E-state index in [9.17, 15) is 4.39 Å². The largest absolute Gasteiger partial charge is 0.330 e. The number of aromatic nitrogens is 1. The Balaban J connectivity index is 2.08. The highest BCUT2D eigenvalue weighted by molar-refractivity contribution is 7.18. The number of hydrogen-bond acceptors (Lipinski definition) is 3. The van der Waals surface area contributed by atoms with Crippen LogP contribution in [0.4, 0.5) is 4.39 Å². The van der Waals surface area contributed by atoms with Crippen molar-refractivity contribution >= 4 is 21.6 Å². The van der Waals surface area contributed by atoms with Crippen molar-refractivity contribution in [1.29, 1.82) is 0 Å². The lowest BCUT2D eigenvalue weighted by Gasteiger charge is -2.22. The molecule has 0 aliphatic rings. The molecule has 1 aromatic heterocycles. The zero-order chi connectivity index (χ0) is 13.2. The lowest BCUT2D eigenvalue weighted by molar-refractivity contribution is 0.313. The van der Waals surface area contributed by atoms with E-state index in [-0.39, 0.29) is 11.2 Å². The Hall–Kier alpha value is -1.000. The normalized spacial score (nSPS) is 12.2. The molecule has 0 aliphatic carbocycles. The lowest BCUT2D eigenvalue weighted by Crippen LogP contribution is -2.17. The third-order valence-corrected chi connectivity index (χ3v) is 4.31. The van der Waals surface area contributed by atoms with Crippen LogP contribution in [-0.2, 0) is 6.42 Å². The minimum Gasteiger partial charge on any atom is -0.330 e. The van der Waals surface area contributed by atoms with Gasteiger partial charge in [0, 0.05) is 0 Å². The van der Waals surface area contributed by atoms with Crippen molar-refractivity contribution in [2.24, 2.45) is 11.1 Å². The Morgan fingerprint density at radius 3 is 2.83 bits per heavy atom. The summed E-state index contributed by atoms with van der Waals surface area (Å²) in [4.78, 5) is 4.54. The summed E-state index contributed by atoms with van der Waals surface area (Å²) in [6.07, 6.45) is 3.02. The monoisotopic (exact) mass is 266 g/mol. The van der Waals surface area contributed by atoms with Crippen molar-refractivity contribution in [2.45, 2.75) is 33.1 Å². The predicted octanol–water partition coefficient (Wildman–Crippen LogP) is 3.74. The van der Waals surface area contributed by atoms with Crippen molar-refractivity contribution in [2.75, 3.05) is 6.54 Å². The van der Waals surface area contributed by atoms with E-state index < -0.39 is 0 Å². The van der Waals surface area contributed by atoms with Crippen molar-refractivity contribution in [3.05, 3.63) is 29.0 Å². The molecule has 2 N–H and O–H groups in total. The molecule has 1 heterocycles. The molecule has 0 radical (unpaired) electrons. The number of nitrogens with two attached hydrogens (primary N) is 1. The first kappa shape index (κ1) is 13.4. The molecular formula is C14H19FN2S. The first-order chi connectivity index (χ1) is 8.50. The van der Waals surface area contributed by atoms with E-state index in [1.54, 1.807) is 23.5 Å². The molecule has 2 nitrogen and oxygen atoms in total. The fourth-order valence-corrected chi connectivity index (χ4v) is 3.01. The smallest absolute Gasteiger partial charge is 0.124 e. The third-order valence-electron chi connectivity index (χ3n) is 3.23. The van der Waals surface area contributed by atoms with Gasteiger partial charge in [0.25, 0.3) is 0 Å². The van der Waals surface area contributed by atoms with Gasteiger partial charge in [0.2, 0.25) is 0 Å². The number of rotatable bonds is 5. The van der Waals surface area contributed by atoms with Crippen molar-refractivity contribution < 1.29 is 4.39 Å². The number of aryl methyl sites for hydroxylation is 1. The number of halogens is 1. The van der Waals surface area contributed by atoms with Crippen LogP contribution in [0.2, 0.25) is 0 Å². The molecule has 1 aromatic carbocycles. The summed E-state index contributed by atoms with van der Waals surface area (Å²) in [5.74, 6) is -0.193. The first-order valence-corrected chi connectivity index (χ1v) is 7.07. The van der Waals surface area contributed by atoms with E-state index >= 15 is 0 Å². The minimum absolute atomic E-state index is 0.193. The van der Waals surface area contributed by atoms with E-state index in [4.69, 9.17) is 5.73 Å². The van der Waals surface area contributed by atoms with Gasteiger partial charge in [0.15, 0.2) is 0 Å². The molecular weight excluding hydrogens is 247 g/mol. The fraction of sp³-hybridized carbons (Fsp3) is 0.500. The molecule has 0 unspecified atom stereocenters. The van der Waals surface area contributed by atoms with Crippen molar-refractivity contribution in [3.8, 4) is 0 Å². The van der Waals surface area contributed by atoms with Crippen LogP contribution in [0, 0.1) is 11.2 Å². The van der Waals surface area contributed by atoms with Gasteiger partial charge in [-0.3, -0.25) is 0 Å². The van der Waals surface area contributed by atoms with Crippen LogP contribution >= 0.6 is 11.3 Å². The van der Waals surface area contributed by atoms with Gasteiger partial charge in [-0.05, 0) is 49.4 Å². The maximum absolute atomic E-state index is 13.1. The highest BCUT2D eigenvalue weighted by Gasteiger charge is 2.17. The summed E-state index contributed by atoms with van der Waals surface area (Å²) in [7, 11) is 0. The molecule has 4 heteroatoms. The zero-order valence-corrected chi connectivity index (χ0v) is 11.7. The van der Waals surface area contributed by atoms with Gasteiger partial charge in [-0.2, -0.15) is 0 Å². The molecule has 0 spiro atoms. The van der Waals surface area contributed by atoms with Crippen LogP contribution in [-0.4, -0.2) is 11.5 Å². The van der Waals surface area contributed by atoms with Gasteiger partial charge >= 0.3 is 0 Å². The van der Waals surface area contributed by atoms with E-state index in [0.29, 0.717) is 0 Å². The first-order valence-electron chi connectivity index (χ1n) is 6.25. The average Bonchev–Trinajstić information content (AvgIpc) is 2.68. The molecule has 18 heavy (non-hydrogen) atoms. The molecule has 0 amide bonds. The third kappa shape index (κ3) is 3.27. The molecule has 98 valence electrons. The van der Waals surface area contributed by atoms with Crippen molar-refractivity contribution in [3.63, 3.8) is 0 Å². The van der Waals surface area contributed by atoms with Gasteiger partial charge in [0.1, 0.15) is 5.82 Å². The SMILES string of the molecule is CC(C)(CCN)CCc1nc2ccc(F)cc2s1.